The number of amides is 1. The van der Waals surface area contributed by atoms with E-state index in [-0.39, 0.29) is 10.8 Å². The Balaban J connectivity index is 1.99. The van der Waals surface area contributed by atoms with Gasteiger partial charge in [0.2, 0.25) is 15.9 Å². The van der Waals surface area contributed by atoms with Gasteiger partial charge >= 0.3 is 0 Å². The van der Waals surface area contributed by atoms with Crippen LogP contribution < -0.4 is 10.0 Å². The zero-order valence-electron chi connectivity index (χ0n) is 17.3. The van der Waals surface area contributed by atoms with Crippen molar-refractivity contribution in [2.45, 2.75) is 64.3 Å². The largest absolute Gasteiger partial charge is 0.326 e. The lowest BCUT2D eigenvalue weighted by Crippen LogP contribution is -2.40. The molecule has 5 nitrogen and oxygen atoms in total. The van der Waals surface area contributed by atoms with E-state index < -0.39 is 15.6 Å². The van der Waals surface area contributed by atoms with Crippen LogP contribution in [0.3, 0.4) is 0 Å². The third-order valence-corrected chi connectivity index (χ3v) is 6.09. The molecule has 152 valence electrons. The SMILES string of the molecule is CCc1cccc(C)c1NC(=O)CCc1ccc(S(=O)(=O)NC(C)(C)C)cc1. The van der Waals surface area contributed by atoms with Crippen LogP contribution >= 0.6 is 0 Å². The van der Waals surface area contributed by atoms with E-state index in [0.29, 0.717) is 12.8 Å². The van der Waals surface area contributed by atoms with Crippen LogP contribution in [-0.2, 0) is 27.7 Å². The van der Waals surface area contributed by atoms with Gasteiger partial charge in [-0.3, -0.25) is 4.79 Å². The van der Waals surface area contributed by atoms with Crippen LogP contribution in [0.5, 0.6) is 0 Å². The van der Waals surface area contributed by atoms with Crippen LogP contribution in [0.1, 0.15) is 50.8 Å². The number of carbonyl (C=O) groups is 1. The average Bonchev–Trinajstić information content (AvgIpc) is 2.60. The molecule has 0 aliphatic carbocycles. The Morgan fingerprint density at radius 1 is 1.04 bits per heavy atom. The molecule has 2 rings (SSSR count). The number of aryl methyl sites for hydroxylation is 3. The molecule has 0 fully saturated rings. The smallest absolute Gasteiger partial charge is 0.241 e. The van der Waals surface area contributed by atoms with E-state index >= 15 is 0 Å². The summed E-state index contributed by atoms with van der Waals surface area (Å²) in [5.74, 6) is -0.0462. The van der Waals surface area contributed by atoms with Gasteiger partial charge in [0.05, 0.1) is 4.90 Å². The lowest BCUT2D eigenvalue weighted by Gasteiger charge is -2.20. The van der Waals surface area contributed by atoms with E-state index in [0.717, 1.165) is 28.8 Å². The Bertz CT molecular complexity index is 927. The van der Waals surface area contributed by atoms with Gasteiger partial charge in [-0.25, -0.2) is 13.1 Å². The Kier molecular flexibility index (Phi) is 7.01. The van der Waals surface area contributed by atoms with Crippen LogP contribution in [-0.4, -0.2) is 19.9 Å². The highest BCUT2D eigenvalue weighted by Crippen LogP contribution is 2.21. The van der Waals surface area contributed by atoms with Gasteiger partial charge < -0.3 is 5.32 Å². The summed E-state index contributed by atoms with van der Waals surface area (Å²) in [6.45, 7) is 9.45. The minimum absolute atomic E-state index is 0.0462. The molecule has 0 unspecified atom stereocenters. The third kappa shape index (κ3) is 6.17. The zero-order chi connectivity index (χ0) is 20.9. The molecule has 0 bridgehead atoms. The Hall–Kier alpha value is -2.18. The number of rotatable bonds is 7. The molecule has 0 saturated heterocycles. The van der Waals surface area contributed by atoms with Crippen LogP contribution in [0, 0.1) is 6.92 Å². The number of hydrogen-bond acceptors (Lipinski definition) is 3. The highest BCUT2D eigenvalue weighted by molar-refractivity contribution is 7.89. The molecule has 0 aliphatic heterocycles. The second kappa shape index (κ2) is 8.88. The van der Waals surface area contributed by atoms with Gasteiger partial charge in [0.1, 0.15) is 0 Å². The van der Waals surface area contributed by atoms with Crippen LogP contribution in [0.15, 0.2) is 47.4 Å². The summed E-state index contributed by atoms with van der Waals surface area (Å²) < 4.78 is 27.3. The van der Waals surface area contributed by atoms with Gasteiger partial charge in [-0.15, -0.1) is 0 Å². The molecule has 0 spiro atoms. The van der Waals surface area contributed by atoms with Crippen molar-refractivity contribution in [2.24, 2.45) is 0 Å². The van der Waals surface area contributed by atoms with Crippen molar-refractivity contribution in [1.82, 2.24) is 4.72 Å². The zero-order valence-corrected chi connectivity index (χ0v) is 18.1. The van der Waals surface area contributed by atoms with Crippen molar-refractivity contribution >= 4 is 21.6 Å². The van der Waals surface area contributed by atoms with E-state index in [9.17, 15) is 13.2 Å². The average molecular weight is 403 g/mol. The first-order valence-electron chi connectivity index (χ1n) is 9.53. The summed E-state index contributed by atoms with van der Waals surface area (Å²) >= 11 is 0. The van der Waals surface area contributed by atoms with E-state index in [2.05, 4.69) is 17.0 Å². The van der Waals surface area contributed by atoms with E-state index in [1.54, 1.807) is 45.0 Å². The molecule has 2 aromatic carbocycles. The minimum Gasteiger partial charge on any atom is -0.326 e. The topological polar surface area (TPSA) is 75.3 Å². The molecule has 0 aliphatic rings. The summed E-state index contributed by atoms with van der Waals surface area (Å²) in [6.07, 6.45) is 1.74. The van der Waals surface area contributed by atoms with Crippen molar-refractivity contribution < 1.29 is 13.2 Å². The first kappa shape index (κ1) is 22.1. The molecule has 0 radical (unpaired) electrons. The predicted molar refractivity (Wildman–Crippen MR) is 114 cm³/mol. The summed E-state index contributed by atoms with van der Waals surface area (Å²) in [6, 6.07) is 12.7. The summed E-state index contributed by atoms with van der Waals surface area (Å²) in [7, 11) is -3.55. The minimum atomic E-state index is -3.55. The number of benzene rings is 2. The molecule has 0 heterocycles. The molecule has 2 aromatic rings. The number of para-hydroxylation sites is 1. The lowest BCUT2D eigenvalue weighted by molar-refractivity contribution is -0.116. The van der Waals surface area contributed by atoms with Gasteiger partial charge in [0, 0.05) is 17.6 Å². The monoisotopic (exact) mass is 402 g/mol. The lowest BCUT2D eigenvalue weighted by atomic mass is 10.1. The maximum absolute atomic E-state index is 12.4. The van der Waals surface area contributed by atoms with E-state index in [4.69, 9.17) is 0 Å². The van der Waals surface area contributed by atoms with Gasteiger partial charge in [-0.1, -0.05) is 37.3 Å². The molecule has 2 N–H and O–H groups in total. The summed E-state index contributed by atoms with van der Waals surface area (Å²) in [4.78, 5) is 12.6. The fourth-order valence-corrected chi connectivity index (χ4v) is 4.38. The number of nitrogens with one attached hydrogen (secondary N) is 2. The second-order valence-electron chi connectivity index (χ2n) is 8.01. The molecular formula is C22H30N2O3S. The molecular weight excluding hydrogens is 372 g/mol. The molecule has 1 amide bonds. The molecule has 6 heteroatoms. The summed E-state index contributed by atoms with van der Waals surface area (Å²) in [5.41, 5.74) is 3.45. The van der Waals surface area contributed by atoms with Gasteiger partial charge in [0.25, 0.3) is 0 Å². The second-order valence-corrected chi connectivity index (χ2v) is 9.69. The Labute approximate surface area is 168 Å². The molecule has 0 aromatic heterocycles. The maximum atomic E-state index is 12.4. The fraction of sp³-hybridized carbons (Fsp3) is 0.409. The fourth-order valence-electron chi connectivity index (χ4n) is 2.96. The Morgan fingerprint density at radius 2 is 1.68 bits per heavy atom. The van der Waals surface area contributed by atoms with Gasteiger partial charge in [-0.2, -0.15) is 0 Å². The third-order valence-electron chi connectivity index (χ3n) is 4.32. The maximum Gasteiger partial charge on any atom is 0.241 e. The Morgan fingerprint density at radius 3 is 2.25 bits per heavy atom. The first-order chi connectivity index (χ1) is 13.0. The van der Waals surface area contributed by atoms with Crippen LogP contribution in [0.2, 0.25) is 0 Å². The number of hydrogen-bond donors (Lipinski definition) is 2. The molecule has 28 heavy (non-hydrogen) atoms. The quantitative estimate of drug-likeness (QED) is 0.729. The standard InChI is InChI=1S/C22H30N2O3S/c1-6-18-9-7-8-16(2)21(18)23-20(25)15-12-17-10-13-19(14-11-17)28(26,27)24-22(3,4)5/h7-11,13-14,24H,6,12,15H2,1-5H3,(H,23,25). The van der Waals surface area contributed by atoms with Crippen molar-refractivity contribution in [2.75, 3.05) is 5.32 Å². The van der Waals surface area contributed by atoms with Crippen molar-refractivity contribution in [3.63, 3.8) is 0 Å². The van der Waals surface area contributed by atoms with E-state index in [1.807, 2.05) is 25.1 Å². The number of carbonyl (C=O) groups excluding carboxylic acids is 1. The number of sulfonamides is 1. The van der Waals surface area contributed by atoms with Gasteiger partial charge in [0.15, 0.2) is 0 Å². The van der Waals surface area contributed by atoms with Crippen molar-refractivity contribution in [3.8, 4) is 0 Å². The predicted octanol–water partition coefficient (Wildman–Crippen LogP) is 4.21. The first-order valence-corrected chi connectivity index (χ1v) is 11.0. The van der Waals surface area contributed by atoms with Gasteiger partial charge in [-0.05, 0) is 69.4 Å². The molecule has 0 saturated carbocycles. The van der Waals surface area contributed by atoms with Crippen molar-refractivity contribution in [1.29, 1.82) is 0 Å². The van der Waals surface area contributed by atoms with Crippen molar-refractivity contribution in [3.05, 3.63) is 59.2 Å². The highest BCUT2D eigenvalue weighted by Gasteiger charge is 2.21. The summed E-state index contributed by atoms with van der Waals surface area (Å²) in [5, 5.41) is 3.02. The van der Waals surface area contributed by atoms with E-state index in [1.165, 1.54) is 0 Å². The van der Waals surface area contributed by atoms with Crippen LogP contribution in [0.25, 0.3) is 0 Å². The number of anilines is 1. The highest BCUT2D eigenvalue weighted by atomic mass is 32.2. The normalized spacial score (nSPS) is 12.0. The molecule has 0 atom stereocenters. The van der Waals surface area contributed by atoms with Crippen LogP contribution in [0.4, 0.5) is 5.69 Å².